The maximum absolute atomic E-state index is 10.6. The van der Waals surface area contributed by atoms with Crippen molar-refractivity contribution < 1.29 is 8.42 Å². The summed E-state index contributed by atoms with van der Waals surface area (Å²) in [6.07, 6.45) is 1.98. The molecule has 0 aliphatic rings. The molecule has 1 aromatic heterocycles. The molecule has 0 fully saturated rings. The number of nitrogens with two attached hydrogens (primary N) is 1. The van der Waals surface area contributed by atoms with Gasteiger partial charge in [-0.25, -0.2) is 23.5 Å². The predicted molar refractivity (Wildman–Crippen MR) is 38.1 cm³/mol. The third-order valence-corrected chi connectivity index (χ3v) is 1.83. The van der Waals surface area contributed by atoms with Crippen molar-refractivity contribution in [2.75, 3.05) is 0 Å². The van der Waals surface area contributed by atoms with Crippen molar-refractivity contribution in [3.8, 4) is 6.07 Å². The minimum Gasteiger partial charge on any atom is -0.241 e. The summed E-state index contributed by atoms with van der Waals surface area (Å²) in [6.45, 7) is 0. The Morgan fingerprint density at radius 1 is 1.42 bits per heavy atom. The number of aromatic nitrogens is 2. The van der Waals surface area contributed by atoms with Gasteiger partial charge in [0, 0.05) is 0 Å². The average Bonchev–Trinajstić information content (AvgIpc) is 2.03. The summed E-state index contributed by atoms with van der Waals surface area (Å²) in [5, 5.41) is 12.7. The average molecular weight is 184 g/mol. The van der Waals surface area contributed by atoms with Crippen molar-refractivity contribution in [1.29, 1.82) is 5.26 Å². The van der Waals surface area contributed by atoms with E-state index in [0.29, 0.717) is 0 Å². The SMILES string of the molecule is N#Cc1cnc(S(N)(=O)=O)cn1. The van der Waals surface area contributed by atoms with Gasteiger partial charge in [-0.1, -0.05) is 0 Å². The fraction of sp³-hybridized carbons (Fsp3) is 0. The van der Waals surface area contributed by atoms with E-state index in [2.05, 4.69) is 9.97 Å². The Morgan fingerprint density at radius 3 is 2.42 bits per heavy atom. The highest BCUT2D eigenvalue weighted by molar-refractivity contribution is 7.89. The van der Waals surface area contributed by atoms with Crippen LogP contribution in [0.5, 0.6) is 0 Å². The molecule has 6 nitrogen and oxygen atoms in total. The zero-order valence-electron chi connectivity index (χ0n) is 5.80. The van der Waals surface area contributed by atoms with Crippen LogP contribution in [0.1, 0.15) is 5.69 Å². The van der Waals surface area contributed by atoms with Crippen LogP contribution in [0.15, 0.2) is 17.4 Å². The molecule has 12 heavy (non-hydrogen) atoms. The number of sulfonamides is 1. The van der Waals surface area contributed by atoms with E-state index in [1.165, 1.54) is 0 Å². The molecule has 0 atom stereocenters. The lowest BCUT2D eigenvalue weighted by Crippen LogP contribution is -2.14. The Labute approximate surface area is 68.7 Å². The van der Waals surface area contributed by atoms with Crippen molar-refractivity contribution in [3.63, 3.8) is 0 Å². The second-order valence-corrected chi connectivity index (χ2v) is 3.40. The van der Waals surface area contributed by atoms with Gasteiger partial charge in [0.15, 0.2) is 10.7 Å². The monoisotopic (exact) mass is 184 g/mol. The maximum atomic E-state index is 10.6. The van der Waals surface area contributed by atoms with Crippen LogP contribution in [-0.2, 0) is 10.0 Å². The van der Waals surface area contributed by atoms with Crippen LogP contribution in [0.4, 0.5) is 0 Å². The molecule has 0 radical (unpaired) electrons. The molecule has 0 unspecified atom stereocenters. The summed E-state index contributed by atoms with van der Waals surface area (Å²) < 4.78 is 21.2. The number of hydrogen-bond donors (Lipinski definition) is 1. The summed E-state index contributed by atoms with van der Waals surface area (Å²) in [5.41, 5.74) is 0.0439. The van der Waals surface area contributed by atoms with E-state index in [1.807, 2.05) is 0 Å². The Morgan fingerprint density at radius 2 is 2.08 bits per heavy atom. The van der Waals surface area contributed by atoms with Gasteiger partial charge in [0.2, 0.25) is 0 Å². The molecule has 0 amide bonds. The smallest absolute Gasteiger partial charge is 0.241 e. The van der Waals surface area contributed by atoms with Crippen molar-refractivity contribution in [2.24, 2.45) is 5.14 Å². The lowest BCUT2D eigenvalue weighted by molar-refractivity contribution is 0.593. The molecular weight excluding hydrogens is 180 g/mol. The fourth-order valence-electron chi connectivity index (χ4n) is 0.521. The summed E-state index contributed by atoms with van der Waals surface area (Å²) >= 11 is 0. The lowest BCUT2D eigenvalue weighted by atomic mass is 10.5. The molecule has 1 rings (SSSR count). The van der Waals surface area contributed by atoms with E-state index in [9.17, 15) is 8.42 Å². The molecule has 0 saturated carbocycles. The quantitative estimate of drug-likeness (QED) is 0.601. The summed E-state index contributed by atoms with van der Waals surface area (Å²) in [6, 6.07) is 1.70. The van der Waals surface area contributed by atoms with Gasteiger partial charge in [-0.2, -0.15) is 5.26 Å². The summed E-state index contributed by atoms with van der Waals surface area (Å²) in [4.78, 5) is 6.90. The lowest BCUT2D eigenvalue weighted by Gasteiger charge is -1.93. The Kier molecular flexibility index (Phi) is 2.03. The summed E-state index contributed by atoms with van der Waals surface area (Å²) in [7, 11) is -3.81. The molecule has 62 valence electrons. The number of nitrogens with zero attached hydrogens (tertiary/aromatic N) is 3. The summed E-state index contributed by atoms with van der Waals surface area (Å²) in [5.74, 6) is 0. The predicted octanol–water partition coefficient (Wildman–Crippen LogP) is -1.00. The molecule has 0 saturated heterocycles. The molecule has 1 heterocycles. The highest BCUT2D eigenvalue weighted by atomic mass is 32.2. The Hall–Kier alpha value is -1.52. The van der Waals surface area contributed by atoms with Crippen molar-refractivity contribution in [1.82, 2.24) is 9.97 Å². The molecule has 0 spiro atoms. The van der Waals surface area contributed by atoms with Crippen molar-refractivity contribution in [2.45, 2.75) is 5.03 Å². The first-order chi connectivity index (χ1) is 5.54. The highest BCUT2D eigenvalue weighted by Crippen LogP contribution is 1.98. The first-order valence-electron chi connectivity index (χ1n) is 2.79. The van der Waals surface area contributed by atoms with E-state index in [-0.39, 0.29) is 10.7 Å². The Bertz CT molecular complexity index is 416. The second kappa shape index (κ2) is 2.84. The van der Waals surface area contributed by atoms with E-state index in [0.717, 1.165) is 12.4 Å². The van der Waals surface area contributed by atoms with E-state index >= 15 is 0 Å². The van der Waals surface area contributed by atoms with Gasteiger partial charge >= 0.3 is 0 Å². The first-order valence-corrected chi connectivity index (χ1v) is 4.33. The first kappa shape index (κ1) is 8.58. The van der Waals surface area contributed by atoms with Crippen molar-refractivity contribution in [3.05, 3.63) is 18.1 Å². The molecule has 2 N–H and O–H groups in total. The minimum absolute atomic E-state index is 0.0439. The van der Waals surface area contributed by atoms with Crippen LogP contribution in [0.2, 0.25) is 0 Å². The van der Waals surface area contributed by atoms with Crippen LogP contribution < -0.4 is 5.14 Å². The van der Waals surface area contributed by atoms with Gasteiger partial charge in [-0.05, 0) is 0 Å². The van der Waals surface area contributed by atoms with Gasteiger partial charge in [-0.15, -0.1) is 0 Å². The van der Waals surface area contributed by atoms with Gasteiger partial charge in [0.1, 0.15) is 6.07 Å². The normalized spacial score (nSPS) is 10.7. The van der Waals surface area contributed by atoms with Crippen LogP contribution in [0.25, 0.3) is 0 Å². The van der Waals surface area contributed by atoms with Crippen molar-refractivity contribution >= 4 is 10.0 Å². The van der Waals surface area contributed by atoms with Crippen LogP contribution in [-0.4, -0.2) is 18.4 Å². The molecular formula is C5H4N4O2S. The van der Waals surface area contributed by atoms with Crippen LogP contribution in [0, 0.1) is 11.3 Å². The molecule has 0 aromatic carbocycles. The number of rotatable bonds is 1. The zero-order chi connectivity index (χ0) is 9.19. The molecule has 0 aliphatic heterocycles. The zero-order valence-corrected chi connectivity index (χ0v) is 6.61. The molecule has 0 aliphatic carbocycles. The topological polar surface area (TPSA) is 110 Å². The van der Waals surface area contributed by atoms with Crippen LogP contribution >= 0.6 is 0 Å². The highest BCUT2D eigenvalue weighted by Gasteiger charge is 2.08. The molecule has 1 aromatic rings. The fourth-order valence-corrected chi connectivity index (χ4v) is 0.920. The van der Waals surface area contributed by atoms with E-state index < -0.39 is 10.0 Å². The molecule has 7 heteroatoms. The van der Waals surface area contributed by atoms with E-state index in [4.69, 9.17) is 10.4 Å². The molecule has 0 bridgehead atoms. The number of primary sulfonamides is 1. The van der Waals surface area contributed by atoms with Gasteiger partial charge < -0.3 is 0 Å². The maximum Gasteiger partial charge on any atom is 0.257 e. The number of nitriles is 1. The van der Waals surface area contributed by atoms with Gasteiger partial charge in [0.05, 0.1) is 12.4 Å². The van der Waals surface area contributed by atoms with Crippen LogP contribution in [0.3, 0.4) is 0 Å². The Balaban J connectivity index is 3.20. The standard InChI is InChI=1S/C5H4N4O2S/c6-1-4-2-9-5(3-8-4)12(7,10)11/h2-3H,(H2,7,10,11). The van der Waals surface area contributed by atoms with Gasteiger partial charge in [0.25, 0.3) is 10.0 Å². The van der Waals surface area contributed by atoms with Gasteiger partial charge in [-0.3, -0.25) is 0 Å². The minimum atomic E-state index is -3.81. The number of hydrogen-bond acceptors (Lipinski definition) is 5. The van der Waals surface area contributed by atoms with E-state index in [1.54, 1.807) is 6.07 Å². The second-order valence-electron chi connectivity index (χ2n) is 1.90. The third-order valence-electron chi connectivity index (χ3n) is 1.03. The third kappa shape index (κ3) is 1.75. The largest absolute Gasteiger partial charge is 0.257 e.